The van der Waals surface area contributed by atoms with E-state index in [2.05, 4.69) is 91.2 Å². The van der Waals surface area contributed by atoms with Crippen molar-refractivity contribution in [3.05, 3.63) is 174 Å². The van der Waals surface area contributed by atoms with E-state index in [0.29, 0.717) is 9.33 Å². The van der Waals surface area contributed by atoms with E-state index in [0.717, 1.165) is 57.9 Å². The summed E-state index contributed by atoms with van der Waals surface area (Å²) in [6, 6.07) is 35.7. The minimum atomic E-state index is -0.331. The van der Waals surface area contributed by atoms with Crippen LogP contribution in [0.1, 0.15) is 46.1 Å². The monoisotopic (exact) mass is 607 g/mol. The molecule has 6 heteroatoms. The third-order valence-electron chi connectivity index (χ3n) is 9.05. The van der Waals surface area contributed by atoms with Crippen LogP contribution >= 0.6 is 11.3 Å². The Morgan fingerprint density at radius 1 is 0.844 bits per heavy atom. The predicted octanol–water partition coefficient (Wildman–Crippen LogP) is 7.53. The van der Waals surface area contributed by atoms with Gasteiger partial charge in [-0.15, -0.1) is 0 Å². The zero-order chi connectivity index (χ0) is 30.7. The van der Waals surface area contributed by atoms with Crippen molar-refractivity contribution in [1.29, 1.82) is 0 Å². The van der Waals surface area contributed by atoms with Gasteiger partial charge in [-0.3, -0.25) is 9.36 Å². The lowest BCUT2D eigenvalue weighted by Gasteiger charge is -2.30. The molecule has 4 nitrogen and oxygen atoms in total. The Morgan fingerprint density at radius 2 is 1.56 bits per heavy atom. The maximum Gasteiger partial charge on any atom is 0.271 e. The molecule has 0 amide bonds. The fraction of sp³-hybridized carbons (Fsp3) is 0.128. The highest BCUT2D eigenvalue weighted by molar-refractivity contribution is 7.07. The molecule has 0 fully saturated rings. The van der Waals surface area contributed by atoms with Crippen LogP contribution in [0.25, 0.3) is 28.6 Å². The second kappa shape index (κ2) is 10.8. The second-order valence-electron chi connectivity index (χ2n) is 11.7. The van der Waals surface area contributed by atoms with E-state index in [-0.39, 0.29) is 17.4 Å². The van der Waals surface area contributed by atoms with Crippen molar-refractivity contribution in [2.24, 2.45) is 4.99 Å². The van der Waals surface area contributed by atoms with Gasteiger partial charge >= 0.3 is 0 Å². The van der Waals surface area contributed by atoms with Crippen LogP contribution in [0.15, 0.2) is 125 Å². The largest absolute Gasteiger partial charge is 0.318 e. The number of nitrogens with zero attached hydrogens (tertiary/aromatic N) is 3. The Morgan fingerprint density at radius 3 is 2.33 bits per heavy atom. The third-order valence-corrected chi connectivity index (χ3v) is 10.0. The van der Waals surface area contributed by atoms with Crippen molar-refractivity contribution in [3.63, 3.8) is 0 Å². The summed E-state index contributed by atoms with van der Waals surface area (Å²) in [4.78, 5) is 20.0. The molecule has 0 saturated heterocycles. The van der Waals surface area contributed by atoms with Crippen LogP contribution in [0.2, 0.25) is 0 Å². The fourth-order valence-corrected chi connectivity index (χ4v) is 7.87. The van der Waals surface area contributed by atoms with Gasteiger partial charge in [0.05, 0.1) is 16.3 Å². The molecule has 2 aromatic heterocycles. The zero-order valence-electron chi connectivity index (χ0n) is 25.0. The summed E-state index contributed by atoms with van der Waals surface area (Å²) in [5, 5.41) is 0. The number of allylic oxidation sites excluding steroid dienone is 1. The van der Waals surface area contributed by atoms with Crippen LogP contribution in [0.4, 0.5) is 4.39 Å². The second-order valence-corrected chi connectivity index (χ2v) is 12.7. The van der Waals surface area contributed by atoms with Crippen LogP contribution in [0, 0.1) is 19.7 Å². The molecule has 1 aliphatic carbocycles. The molecule has 0 N–H and O–H groups in total. The van der Waals surface area contributed by atoms with Gasteiger partial charge in [-0.1, -0.05) is 90.2 Å². The number of rotatable bonds is 4. The predicted molar refractivity (Wildman–Crippen MR) is 180 cm³/mol. The molecule has 4 aromatic carbocycles. The molecule has 0 unspecified atom stereocenters. The molecule has 0 radical (unpaired) electrons. The van der Waals surface area contributed by atoms with Gasteiger partial charge in [0, 0.05) is 22.6 Å². The Labute approximate surface area is 264 Å². The summed E-state index contributed by atoms with van der Waals surface area (Å²) in [6.45, 7) is 4.19. The van der Waals surface area contributed by atoms with Gasteiger partial charge in [0.1, 0.15) is 5.82 Å². The Hall–Kier alpha value is -5.07. The van der Waals surface area contributed by atoms with Gasteiger partial charge < -0.3 is 4.57 Å². The maximum atomic E-state index is 14.2. The Balaban J connectivity index is 1.25. The molecule has 8 rings (SSSR count). The molecule has 1 aliphatic heterocycles. The quantitative estimate of drug-likeness (QED) is 0.204. The van der Waals surface area contributed by atoms with E-state index < -0.39 is 0 Å². The van der Waals surface area contributed by atoms with E-state index in [9.17, 15) is 9.18 Å². The summed E-state index contributed by atoms with van der Waals surface area (Å²) in [5.41, 5.74) is 11.8. The lowest BCUT2D eigenvalue weighted by atomic mass is 9.83. The highest BCUT2D eigenvalue weighted by atomic mass is 32.1. The zero-order valence-corrected chi connectivity index (χ0v) is 25.8. The fourth-order valence-electron chi connectivity index (χ4n) is 6.87. The van der Waals surface area contributed by atoms with Gasteiger partial charge in [-0.2, -0.15) is 0 Å². The van der Waals surface area contributed by atoms with Crippen molar-refractivity contribution in [2.75, 3.05) is 0 Å². The number of hydrogen-bond acceptors (Lipinski definition) is 3. The standard InChI is InChI=1S/C39H30FN3OS/c1-24-22-30(25(2)42(24)32-19-14-27(15-20-32)26-8-4-3-5-9-26)23-35-38(44)43-37(29-12-17-31(40)18-13-29)34-21-16-28-10-6-7-11-33(28)36(34)41-39(43)45-35/h3-15,17-20,22-23,37H,16,21H2,1-2H3/b35-23+/t37-/m1/s1. The molecule has 0 bridgehead atoms. The molecular formula is C39H30FN3OS. The summed E-state index contributed by atoms with van der Waals surface area (Å²) in [7, 11) is 0. The smallest absolute Gasteiger partial charge is 0.271 e. The number of aromatic nitrogens is 2. The molecule has 0 spiro atoms. The SMILES string of the molecule is Cc1cc(/C=c2/sc3n(c2=O)[C@H](c2ccc(F)cc2)C2=C(N=3)c3ccccc3CC2)c(C)n1-c1ccc(-c2ccccc2)cc1. The number of aryl methyl sites for hydroxylation is 2. The van der Waals surface area contributed by atoms with Crippen molar-refractivity contribution >= 4 is 23.1 Å². The number of benzene rings is 4. The molecule has 1 atom stereocenters. The summed E-state index contributed by atoms with van der Waals surface area (Å²) in [5.74, 6) is -0.292. The van der Waals surface area contributed by atoms with E-state index in [1.165, 1.54) is 40.2 Å². The molecule has 45 heavy (non-hydrogen) atoms. The lowest BCUT2D eigenvalue weighted by Crippen LogP contribution is -2.38. The van der Waals surface area contributed by atoms with Crippen LogP contribution in [-0.4, -0.2) is 9.13 Å². The van der Waals surface area contributed by atoms with E-state index in [1.54, 1.807) is 12.1 Å². The van der Waals surface area contributed by atoms with E-state index in [4.69, 9.17) is 4.99 Å². The minimum absolute atomic E-state index is 0.0736. The van der Waals surface area contributed by atoms with Gasteiger partial charge in [-0.05, 0) is 96.5 Å². The Kier molecular flexibility index (Phi) is 6.61. The van der Waals surface area contributed by atoms with Gasteiger partial charge in [0.2, 0.25) is 0 Å². The van der Waals surface area contributed by atoms with E-state index >= 15 is 0 Å². The molecular weight excluding hydrogens is 578 g/mol. The van der Waals surface area contributed by atoms with Crippen molar-refractivity contribution in [2.45, 2.75) is 32.7 Å². The summed E-state index contributed by atoms with van der Waals surface area (Å²) in [6.07, 6.45) is 3.68. The van der Waals surface area contributed by atoms with Gasteiger partial charge in [0.25, 0.3) is 5.56 Å². The number of fused-ring (bicyclic) bond motifs is 3. The highest BCUT2D eigenvalue weighted by Crippen LogP contribution is 2.41. The molecule has 0 saturated carbocycles. The Bertz CT molecular complexity index is 2310. The topological polar surface area (TPSA) is 39.3 Å². The number of halogens is 1. The summed E-state index contributed by atoms with van der Waals surface area (Å²) < 4.78 is 18.7. The lowest BCUT2D eigenvalue weighted by molar-refractivity contribution is 0.581. The first-order valence-electron chi connectivity index (χ1n) is 15.2. The van der Waals surface area contributed by atoms with Crippen LogP contribution in [0.3, 0.4) is 0 Å². The van der Waals surface area contributed by atoms with Crippen molar-refractivity contribution in [1.82, 2.24) is 9.13 Å². The van der Waals surface area contributed by atoms with Crippen LogP contribution in [0.5, 0.6) is 0 Å². The van der Waals surface area contributed by atoms with E-state index in [1.807, 2.05) is 22.8 Å². The molecule has 6 aromatic rings. The average molecular weight is 608 g/mol. The highest BCUT2D eigenvalue weighted by Gasteiger charge is 2.32. The van der Waals surface area contributed by atoms with Crippen molar-refractivity contribution < 1.29 is 4.39 Å². The number of thiazole rings is 1. The van der Waals surface area contributed by atoms with Crippen molar-refractivity contribution in [3.8, 4) is 16.8 Å². The first kappa shape index (κ1) is 27.5. The third kappa shape index (κ3) is 4.64. The molecule has 3 heterocycles. The summed E-state index contributed by atoms with van der Waals surface area (Å²) >= 11 is 1.42. The minimum Gasteiger partial charge on any atom is -0.318 e. The molecule has 2 aliphatic rings. The molecule has 220 valence electrons. The maximum absolute atomic E-state index is 14.2. The van der Waals surface area contributed by atoms with Crippen LogP contribution in [-0.2, 0) is 6.42 Å². The first-order valence-corrected chi connectivity index (χ1v) is 16.0. The number of hydrogen-bond donors (Lipinski definition) is 0. The average Bonchev–Trinajstić information content (AvgIpc) is 3.54. The van der Waals surface area contributed by atoms with Gasteiger partial charge in [-0.25, -0.2) is 9.38 Å². The normalized spacial score (nSPS) is 15.8. The van der Waals surface area contributed by atoms with Gasteiger partial charge in [0.15, 0.2) is 4.80 Å². The van der Waals surface area contributed by atoms with Crippen LogP contribution < -0.4 is 14.9 Å². The first-order chi connectivity index (χ1) is 22.0.